The molecule has 0 saturated heterocycles. The van der Waals surface area contributed by atoms with Crippen LogP contribution in [-0.4, -0.2) is 15.7 Å². The fourth-order valence-electron chi connectivity index (χ4n) is 1.64. The first kappa shape index (κ1) is 14.1. The van der Waals surface area contributed by atoms with Gasteiger partial charge in [-0.2, -0.15) is 5.26 Å². The van der Waals surface area contributed by atoms with Crippen molar-refractivity contribution in [2.24, 2.45) is 0 Å². The van der Waals surface area contributed by atoms with Gasteiger partial charge in [-0.25, -0.2) is 4.39 Å². The number of Topliss-reactive ketones (excluding diaryl/α,β-unsaturated/α-hetero) is 1. The highest BCUT2D eigenvalue weighted by Crippen LogP contribution is 2.13. The van der Waals surface area contributed by atoms with Crippen molar-refractivity contribution < 1.29 is 13.4 Å². The number of rotatable bonds is 4. The molecule has 3 nitrogen and oxygen atoms in total. The van der Waals surface area contributed by atoms with Gasteiger partial charge in [0, 0.05) is 5.56 Å². The first-order valence-electron chi connectivity index (χ1n) is 5.78. The van der Waals surface area contributed by atoms with Crippen molar-refractivity contribution in [2.45, 2.75) is 4.90 Å². The number of ketones is 1. The lowest BCUT2D eigenvalue weighted by molar-refractivity contribution is 0.102. The second-order valence-electron chi connectivity index (χ2n) is 4.03. The van der Waals surface area contributed by atoms with Gasteiger partial charge < -0.3 is 0 Å². The summed E-state index contributed by atoms with van der Waals surface area (Å²) in [5.41, 5.74) is 0.797. The van der Waals surface area contributed by atoms with Crippen molar-refractivity contribution in [3.63, 3.8) is 0 Å². The predicted octanol–water partition coefficient (Wildman–Crippen LogP) is 2.69. The van der Waals surface area contributed by atoms with Crippen LogP contribution in [0.15, 0.2) is 53.4 Å². The number of carbonyl (C=O) groups is 1. The molecule has 2 aromatic carbocycles. The molecule has 0 aliphatic rings. The summed E-state index contributed by atoms with van der Waals surface area (Å²) < 4.78 is 25.4. The zero-order chi connectivity index (χ0) is 14.5. The minimum Gasteiger partial charge on any atom is -0.293 e. The quantitative estimate of drug-likeness (QED) is 0.812. The molecule has 1 unspecified atom stereocenters. The van der Waals surface area contributed by atoms with Crippen molar-refractivity contribution in [1.29, 1.82) is 5.26 Å². The molecule has 0 spiro atoms. The molecule has 1 atom stereocenters. The number of hydrogen-bond acceptors (Lipinski definition) is 3. The van der Waals surface area contributed by atoms with Crippen LogP contribution in [0.25, 0.3) is 0 Å². The van der Waals surface area contributed by atoms with E-state index in [9.17, 15) is 13.4 Å². The predicted molar refractivity (Wildman–Crippen MR) is 73.2 cm³/mol. The monoisotopic (exact) mass is 287 g/mol. The van der Waals surface area contributed by atoms with Crippen molar-refractivity contribution in [2.75, 3.05) is 5.75 Å². The summed E-state index contributed by atoms with van der Waals surface area (Å²) in [4.78, 5) is 12.0. The summed E-state index contributed by atoms with van der Waals surface area (Å²) in [6.45, 7) is 0. The summed E-state index contributed by atoms with van der Waals surface area (Å²) >= 11 is 0. The van der Waals surface area contributed by atoms with Gasteiger partial charge in [-0.15, -0.1) is 0 Å². The second kappa shape index (κ2) is 6.22. The Balaban J connectivity index is 2.13. The van der Waals surface area contributed by atoms with Crippen LogP contribution in [0.4, 0.5) is 4.39 Å². The molecule has 0 saturated carbocycles. The number of benzene rings is 2. The minimum absolute atomic E-state index is 0.0227. The Labute approximate surface area is 118 Å². The summed E-state index contributed by atoms with van der Waals surface area (Å²) in [7, 11) is -1.72. The summed E-state index contributed by atoms with van der Waals surface area (Å²) in [5.74, 6) is -1.22. The molecular formula is C15H10FNO2S. The van der Waals surface area contributed by atoms with E-state index in [2.05, 4.69) is 0 Å². The van der Waals surface area contributed by atoms with Crippen LogP contribution in [0.1, 0.15) is 15.9 Å². The molecule has 20 heavy (non-hydrogen) atoms. The van der Waals surface area contributed by atoms with E-state index < -0.39 is 16.6 Å². The van der Waals surface area contributed by atoms with Crippen molar-refractivity contribution in [3.05, 3.63) is 65.5 Å². The first-order valence-corrected chi connectivity index (χ1v) is 7.10. The highest BCUT2D eigenvalue weighted by atomic mass is 32.2. The van der Waals surface area contributed by atoms with Gasteiger partial charge >= 0.3 is 0 Å². The molecular weight excluding hydrogens is 277 g/mol. The third-order valence-electron chi connectivity index (χ3n) is 2.68. The van der Waals surface area contributed by atoms with Crippen LogP contribution >= 0.6 is 0 Å². The zero-order valence-corrected chi connectivity index (χ0v) is 11.2. The maximum Gasteiger partial charge on any atom is 0.175 e. The van der Waals surface area contributed by atoms with Gasteiger partial charge in [-0.3, -0.25) is 9.00 Å². The van der Waals surface area contributed by atoms with E-state index in [1.54, 1.807) is 6.07 Å². The molecule has 0 aliphatic carbocycles. The Morgan fingerprint density at radius 3 is 2.40 bits per heavy atom. The summed E-state index contributed by atoms with van der Waals surface area (Å²) in [6, 6.07) is 13.6. The Morgan fingerprint density at radius 2 is 1.80 bits per heavy atom. The van der Waals surface area contributed by atoms with E-state index in [-0.39, 0.29) is 16.4 Å². The van der Waals surface area contributed by atoms with Crippen LogP contribution in [0.2, 0.25) is 0 Å². The Kier molecular flexibility index (Phi) is 4.38. The lowest BCUT2D eigenvalue weighted by atomic mass is 10.1. The second-order valence-corrected chi connectivity index (χ2v) is 5.45. The molecule has 0 aliphatic heterocycles. The molecule has 0 aromatic heterocycles. The maximum atomic E-state index is 13.5. The van der Waals surface area contributed by atoms with E-state index in [0.717, 1.165) is 0 Å². The van der Waals surface area contributed by atoms with E-state index >= 15 is 0 Å². The fourth-order valence-corrected chi connectivity index (χ4v) is 2.72. The normalized spacial score (nSPS) is 11.6. The molecule has 5 heteroatoms. The molecule has 2 rings (SSSR count). The SMILES string of the molecule is N#Cc1ccc(C(=O)CS(=O)c2ccccc2F)cc1. The topological polar surface area (TPSA) is 57.9 Å². The highest BCUT2D eigenvalue weighted by Gasteiger charge is 2.15. The van der Waals surface area contributed by atoms with Crippen LogP contribution in [0.5, 0.6) is 0 Å². The van der Waals surface area contributed by atoms with Crippen LogP contribution in [-0.2, 0) is 10.8 Å². The number of nitrogens with zero attached hydrogens (tertiary/aromatic N) is 1. The molecule has 0 radical (unpaired) electrons. The van der Waals surface area contributed by atoms with Crippen molar-refractivity contribution >= 4 is 16.6 Å². The Morgan fingerprint density at radius 1 is 1.15 bits per heavy atom. The maximum absolute atomic E-state index is 13.5. The minimum atomic E-state index is -1.72. The smallest absolute Gasteiger partial charge is 0.175 e. The number of halogens is 1. The van der Waals surface area contributed by atoms with E-state index in [1.165, 1.54) is 42.5 Å². The highest BCUT2D eigenvalue weighted by molar-refractivity contribution is 7.85. The molecule has 100 valence electrons. The third kappa shape index (κ3) is 3.16. The summed E-state index contributed by atoms with van der Waals surface area (Å²) in [5, 5.41) is 8.67. The third-order valence-corrected chi connectivity index (χ3v) is 4.03. The molecule has 2 aromatic rings. The Bertz CT molecular complexity index is 705. The number of hydrogen-bond donors (Lipinski definition) is 0. The standard InChI is InChI=1S/C15H10FNO2S/c16-13-3-1-2-4-15(13)20(19)10-14(18)12-7-5-11(9-17)6-8-12/h1-8H,10H2. The van der Waals surface area contributed by atoms with Crippen LogP contribution < -0.4 is 0 Å². The van der Waals surface area contributed by atoms with Crippen molar-refractivity contribution in [1.82, 2.24) is 0 Å². The van der Waals surface area contributed by atoms with E-state index in [1.807, 2.05) is 6.07 Å². The molecule has 0 amide bonds. The molecule has 0 heterocycles. The molecule has 0 fully saturated rings. The lowest BCUT2D eigenvalue weighted by Gasteiger charge is -2.03. The van der Waals surface area contributed by atoms with Crippen LogP contribution in [0, 0.1) is 17.1 Å². The Hall–Kier alpha value is -2.32. The van der Waals surface area contributed by atoms with Gasteiger partial charge in [-0.1, -0.05) is 24.3 Å². The van der Waals surface area contributed by atoms with Gasteiger partial charge in [0.15, 0.2) is 5.78 Å². The zero-order valence-electron chi connectivity index (χ0n) is 10.4. The van der Waals surface area contributed by atoms with Gasteiger partial charge in [0.2, 0.25) is 0 Å². The van der Waals surface area contributed by atoms with Gasteiger partial charge in [-0.05, 0) is 24.3 Å². The molecule has 0 N–H and O–H groups in total. The van der Waals surface area contributed by atoms with Gasteiger partial charge in [0.05, 0.1) is 33.1 Å². The fraction of sp³-hybridized carbons (Fsp3) is 0.0667. The lowest BCUT2D eigenvalue weighted by Crippen LogP contribution is -2.12. The largest absolute Gasteiger partial charge is 0.293 e. The first-order chi connectivity index (χ1) is 9.61. The number of nitriles is 1. The van der Waals surface area contributed by atoms with Gasteiger partial charge in [0.1, 0.15) is 5.82 Å². The summed E-state index contributed by atoms with van der Waals surface area (Å²) in [6.07, 6.45) is 0. The van der Waals surface area contributed by atoms with E-state index in [0.29, 0.717) is 11.1 Å². The van der Waals surface area contributed by atoms with Crippen LogP contribution in [0.3, 0.4) is 0 Å². The van der Waals surface area contributed by atoms with Crippen molar-refractivity contribution in [3.8, 4) is 6.07 Å². The van der Waals surface area contributed by atoms with Gasteiger partial charge in [0.25, 0.3) is 0 Å². The average Bonchev–Trinajstić information content (AvgIpc) is 2.47. The number of carbonyl (C=O) groups excluding carboxylic acids is 1. The average molecular weight is 287 g/mol. The van der Waals surface area contributed by atoms with E-state index in [4.69, 9.17) is 5.26 Å². The molecule has 0 bridgehead atoms.